The molecule has 0 rings (SSSR count). The van der Waals surface area contributed by atoms with Crippen LogP contribution in [0.25, 0.3) is 0 Å². The number of rotatable bonds is 3. The van der Waals surface area contributed by atoms with Gasteiger partial charge in [-0.1, -0.05) is 6.08 Å². The summed E-state index contributed by atoms with van der Waals surface area (Å²) >= 11 is 0. The third-order valence-corrected chi connectivity index (χ3v) is 0.500. The normalized spacial score (nSPS) is 7.43. The van der Waals surface area contributed by atoms with Gasteiger partial charge >= 0.3 is 57.6 Å². The first kappa shape index (κ1) is 11.2. The van der Waals surface area contributed by atoms with Crippen LogP contribution in [0.4, 0.5) is 0 Å². The molecule has 0 saturated carbocycles. The van der Waals surface area contributed by atoms with Crippen LogP contribution in [0.3, 0.4) is 0 Å². The second kappa shape index (κ2) is 10.4. The molecule has 0 amide bonds. The van der Waals surface area contributed by atoms with E-state index in [1.165, 1.54) is 6.08 Å². The zero-order chi connectivity index (χ0) is 4.83. The SMILES string of the molecule is C=CCOP=O.[Ba+2].[H-].[H-]. The van der Waals surface area contributed by atoms with Crippen molar-refractivity contribution in [2.24, 2.45) is 0 Å². The summed E-state index contributed by atoms with van der Waals surface area (Å²) in [5.41, 5.74) is 0. The van der Waals surface area contributed by atoms with E-state index in [0.717, 1.165) is 0 Å². The summed E-state index contributed by atoms with van der Waals surface area (Å²) in [5.74, 6) is 0. The van der Waals surface area contributed by atoms with Crippen LogP contribution in [0.1, 0.15) is 2.85 Å². The van der Waals surface area contributed by atoms with Crippen LogP contribution in [0.15, 0.2) is 12.7 Å². The maximum Gasteiger partial charge on any atom is 2.00 e. The molecule has 0 aromatic carbocycles. The fraction of sp³-hybridized carbons (Fsp3) is 0.333. The van der Waals surface area contributed by atoms with Crippen molar-refractivity contribution >= 4 is 57.6 Å². The first-order chi connectivity index (χ1) is 2.91. The van der Waals surface area contributed by atoms with E-state index in [-0.39, 0.29) is 60.4 Å². The Morgan fingerprint density at radius 1 is 2.00 bits per heavy atom. The van der Waals surface area contributed by atoms with Crippen molar-refractivity contribution < 1.29 is 11.9 Å². The van der Waals surface area contributed by atoms with Gasteiger partial charge in [0.1, 0.15) is 0 Å². The molecule has 0 unspecified atom stereocenters. The Bertz CT molecular complexity index is 55.8. The van der Waals surface area contributed by atoms with Gasteiger partial charge in [0.15, 0.2) is 0 Å². The van der Waals surface area contributed by atoms with Crippen molar-refractivity contribution in [3.63, 3.8) is 0 Å². The summed E-state index contributed by atoms with van der Waals surface area (Å²) < 4.78 is 13.7. The summed E-state index contributed by atoms with van der Waals surface area (Å²) in [6.45, 7) is 3.68. The molecular formula is C3H7BaO2P. The summed E-state index contributed by atoms with van der Waals surface area (Å²) in [5, 5.41) is 0. The molecule has 38 valence electrons. The van der Waals surface area contributed by atoms with Gasteiger partial charge in [-0.3, -0.25) is 4.52 Å². The van der Waals surface area contributed by atoms with E-state index < -0.39 is 0 Å². The van der Waals surface area contributed by atoms with Gasteiger partial charge in [0.05, 0.1) is 6.61 Å². The zero-order valence-corrected chi connectivity index (χ0v) is 9.30. The molecule has 0 atom stereocenters. The Balaban J connectivity index is -0.0000000417. The van der Waals surface area contributed by atoms with Crippen LogP contribution < -0.4 is 0 Å². The van der Waals surface area contributed by atoms with Crippen molar-refractivity contribution in [1.29, 1.82) is 0 Å². The number of hydrogen-bond acceptors (Lipinski definition) is 2. The molecule has 4 heteroatoms. The molecular weight excluding hydrogens is 236 g/mol. The Labute approximate surface area is 87.6 Å². The first-order valence-electron chi connectivity index (χ1n) is 1.47. The Kier molecular flexibility index (Phi) is 16.6. The van der Waals surface area contributed by atoms with Gasteiger partial charge in [-0.2, -0.15) is 0 Å². The van der Waals surface area contributed by atoms with E-state index >= 15 is 0 Å². The summed E-state index contributed by atoms with van der Waals surface area (Å²) in [4.78, 5) is 0. The fourth-order valence-corrected chi connectivity index (χ4v) is 0.249. The fourth-order valence-electron chi connectivity index (χ4n) is 0.0831. The molecule has 0 aliphatic rings. The molecule has 2 nitrogen and oxygen atoms in total. The maximum atomic E-state index is 9.39. The molecule has 0 spiro atoms. The van der Waals surface area contributed by atoms with Gasteiger partial charge in [0, 0.05) is 0 Å². The van der Waals surface area contributed by atoms with Gasteiger partial charge < -0.3 is 2.85 Å². The molecule has 0 radical (unpaired) electrons. The van der Waals surface area contributed by atoms with E-state index in [9.17, 15) is 4.57 Å². The van der Waals surface area contributed by atoms with Crippen LogP contribution in [0.2, 0.25) is 0 Å². The second-order valence-electron chi connectivity index (χ2n) is 0.659. The quantitative estimate of drug-likeness (QED) is 0.323. The summed E-state index contributed by atoms with van der Waals surface area (Å²) in [6, 6.07) is 0. The molecule has 7 heavy (non-hydrogen) atoms. The molecule has 0 aliphatic heterocycles. The molecule has 0 bridgehead atoms. The molecule has 0 fully saturated rings. The second-order valence-corrected chi connectivity index (χ2v) is 1.07. The average molecular weight is 243 g/mol. The van der Waals surface area contributed by atoms with Gasteiger partial charge in [0.2, 0.25) is 0 Å². The Morgan fingerprint density at radius 3 is 2.71 bits per heavy atom. The van der Waals surface area contributed by atoms with Gasteiger partial charge in [0.25, 0.3) is 0 Å². The predicted octanol–water partition coefficient (Wildman–Crippen LogP) is 1.24. The average Bonchev–Trinajstić information content (AvgIpc) is 1.61. The van der Waals surface area contributed by atoms with Crippen molar-refractivity contribution in [2.45, 2.75) is 0 Å². The predicted molar refractivity (Wildman–Crippen MR) is 31.7 cm³/mol. The summed E-state index contributed by atoms with van der Waals surface area (Å²) in [7, 11) is -0.276. The zero-order valence-electron chi connectivity index (χ0n) is 5.96. The third-order valence-electron chi connectivity index (χ3n) is 0.245. The molecule has 0 N–H and O–H groups in total. The van der Waals surface area contributed by atoms with E-state index in [1.807, 2.05) is 0 Å². The molecule has 0 aliphatic carbocycles. The van der Waals surface area contributed by atoms with Crippen LogP contribution in [-0.4, -0.2) is 55.5 Å². The molecule has 0 saturated heterocycles. The summed E-state index contributed by atoms with van der Waals surface area (Å²) in [6.07, 6.45) is 1.53. The van der Waals surface area contributed by atoms with Crippen LogP contribution >= 0.6 is 8.69 Å². The minimum atomic E-state index is -0.276. The smallest absolute Gasteiger partial charge is 1.00 e. The van der Waals surface area contributed by atoms with E-state index in [4.69, 9.17) is 0 Å². The molecule has 0 aromatic rings. The van der Waals surface area contributed by atoms with Crippen LogP contribution in [0, 0.1) is 0 Å². The maximum absolute atomic E-state index is 9.39. The first-order valence-corrected chi connectivity index (χ1v) is 2.20. The standard InChI is InChI=1S/C3H5O2P.Ba.2H/c1-2-3-5-6-4;;;/h2H,1,3H2;;;/q;+2;2*-1. The van der Waals surface area contributed by atoms with Crippen molar-refractivity contribution in [3.8, 4) is 0 Å². The van der Waals surface area contributed by atoms with Crippen LogP contribution in [0.5, 0.6) is 0 Å². The van der Waals surface area contributed by atoms with Crippen molar-refractivity contribution in [2.75, 3.05) is 6.61 Å². The van der Waals surface area contributed by atoms with Crippen LogP contribution in [-0.2, 0) is 9.09 Å². The molecule has 0 heterocycles. The van der Waals surface area contributed by atoms with E-state index in [2.05, 4.69) is 11.1 Å². The minimum Gasteiger partial charge on any atom is -1.00 e. The third kappa shape index (κ3) is 11.1. The Hall–Kier alpha value is 1.37. The van der Waals surface area contributed by atoms with Crippen molar-refractivity contribution in [3.05, 3.63) is 12.7 Å². The van der Waals surface area contributed by atoms with E-state index in [0.29, 0.717) is 6.61 Å². The van der Waals surface area contributed by atoms with Gasteiger partial charge in [-0.25, -0.2) is 4.57 Å². The van der Waals surface area contributed by atoms with E-state index in [1.54, 1.807) is 0 Å². The topological polar surface area (TPSA) is 26.3 Å². The molecule has 0 aromatic heterocycles. The van der Waals surface area contributed by atoms with Crippen molar-refractivity contribution in [1.82, 2.24) is 0 Å². The monoisotopic (exact) mass is 244 g/mol. The largest absolute Gasteiger partial charge is 2.00 e. The number of hydrogen-bond donors (Lipinski definition) is 0. The minimum absolute atomic E-state index is 0. The Morgan fingerprint density at radius 2 is 2.57 bits per heavy atom. The van der Waals surface area contributed by atoms with Gasteiger partial charge in [-0.05, 0) is 0 Å². The van der Waals surface area contributed by atoms with Gasteiger partial charge in [-0.15, -0.1) is 6.58 Å².